The molecule has 0 aliphatic carbocycles. The first-order chi connectivity index (χ1) is 8.96. The van der Waals surface area contributed by atoms with E-state index >= 15 is 0 Å². The SMILES string of the molecule is OC(c1cccc(OC(F)(F)F)c1)c1cnccn1. The van der Waals surface area contributed by atoms with Gasteiger partial charge in [-0.2, -0.15) is 0 Å². The van der Waals surface area contributed by atoms with Crippen molar-refractivity contribution in [3.05, 3.63) is 54.1 Å². The summed E-state index contributed by atoms with van der Waals surface area (Å²) in [5.41, 5.74) is 0.480. The number of hydrogen-bond donors (Lipinski definition) is 1. The van der Waals surface area contributed by atoms with E-state index < -0.39 is 18.2 Å². The topological polar surface area (TPSA) is 55.2 Å². The van der Waals surface area contributed by atoms with E-state index in [2.05, 4.69) is 14.7 Å². The van der Waals surface area contributed by atoms with E-state index in [0.29, 0.717) is 0 Å². The van der Waals surface area contributed by atoms with Gasteiger partial charge >= 0.3 is 6.36 Å². The molecule has 1 aromatic heterocycles. The van der Waals surface area contributed by atoms with Crippen LogP contribution in [-0.4, -0.2) is 21.4 Å². The average molecular weight is 270 g/mol. The van der Waals surface area contributed by atoms with E-state index in [1.165, 1.54) is 30.7 Å². The van der Waals surface area contributed by atoms with Crippen LogP contribution >= 0.6 is 0 Å². The minimum Gasteiger partial charge on any atom is -0.406 e. The molecule has 0 saturated carbocycles. The maximum Gasteiger partial charge on any atom is 0.573 e. The molecule has 0 aliphatic rings. The molecule has 0 amide bonds. The summed E-state index contributed by atoms with van der Waals surface area (Å²) >= 11 is 0. The summed E-state index contributed by atoms with van der Waals surface area (Å²) in [6.07, 6.45) is -1.78. The Balaban J connectivity index is 2.24. The number of hydrogen-bond acceptors (Lipinski definition) is 4. The summed E-state index contributed by atoms with van der Waals surface area (Å²) in [5.74, 6) is -0.395. The van der Waals surface area contributed by atoms with Crippen LogP contribution in [0.4, 0.5) is 13.2 Å². The molecule has 7 heteroatoms. The second-order valence-corrected chi connectivity index (χ2v) is 3.65. The summed E-state index contributed by atoms with van der Waals surface area (Å²) in [6.45, 7) is 0. The van der Waals surface area contributed by atoms with Crippen LogP contribution in [0.15, 0.2) is 42.9 Å². The molecule has 1 aromatic carbocycles. The first kappa shape index (κ1) is 13.3. The van der Waals surface area contributed by atoms with Crippen molar-refractivity contribution in [3.8, 4) is 5.75 Å². The molecule has 4 nitrogen and oxygen atoms in total. The van der Waals surface area contributed by atoms with Crippen LogP contribution in [0.2, 0.25) is 0 Å². The third-order valence-electron chi connectivity index (χ3n) is 2.27. The first-order valence-electron chi connectivity index (χ1n) is 5.25. The van der Waals surface area contributed by atoms with Crippen molar-refractivity contribution in [2.75, 3.05) is 0 Å². The maximum atomic E-state index is 12.1. The third kappa shape index (κ3) is 3.65. The van der Waals surface area contributed by atoms with Crippen LogP contribution in [0.5, 0.6) is 5.75 Å². The molecule has 1 unspecified atom stereocenters. The first-order valence-corrected chi connectivity index (χ1v) is 5.25. The Kier molecular flexibility index (Phi) is 3.66. The Morgan fingerprint density at radius 1 is 1.21 bits per heavy atom. The molecule has 1 N–H and O–H groups in total. The molecule has 0 aliphatic heterocycles. The van der Waals surface area contributed by atoms with Crippen LogP contribution in [-0.2, 0) is 0 Å². The van der Waals surface area contributed by atoms with Gasteiger partial charge in [0.15, 0.2) is 0 Å². The largest absolute Gasteiger partial charge is 0.573 e. The molecule has 2 rings (SSSR count). The van der Waals surface area contributed by atoms with Crippen LogP contribution in [0.1, 0.15) is 17.4 Å². The van der Waals surface area contributed by atoms with Crippen molar-refractivity contribution in [1.82, 2.24) is 9.97 Å². The Morgan fingerprint density at radius 3 is 2.63 bits per heavy atom. The minimum absolute atomic E-state index is 0.238. The number of alkyl halides is 3. The number of aliphatic hydroxyl groups is 1. The highest BCUT2D eigenvalue weighted by Crippen LogP contribution is 2.27. The number of benzene rings is 1. The summed E-state index contributed by atoms with van der Waals surface area (Å²) in [7, 11) is 0. The molecule has 0 radical (unpaired) electrons. The molecule has 1 atom stereocenters. The van der Waals surface area contributed by atoms with Crippen molar-refractivity contribution in [3.63, 3.8) is 0 Å². The molecule has 1 heterocycles. The Bertz CT molecular complexity index is 546. The summed E-state index contributed by atoms with van der Waals surface area (Å²) < 4.78 is 40.1. The van der Waals surface area contributed by atoms with Gasteiger partial charge in [-0.05, 0) is 17.7 Å². The van der Waals surface area contributed by atoms with Gasteiger partial charge in [-0.25, -0.2) is 0 Å². The van der Waals surface area contributed by atoms with E-state index in [1.807, 2.05) is 0 Å². The van der Waals surface area contributed by atoms with Crippen LogP contribution in [0.25, 0.3) is 0 Å². The molecule has 0 fully saturated rings. The highest BCUT2D eigenvalue weighted by molar-refractivity contribution is 5.33. The predicted molar refractivity (Wildman–Crippen MR) is 59.2 cm³/mol. The monoisotopic (exact) mass is 270 g/mol. The van der Waals surface area contributed by atoms with E-state index in [-0.39, 0.29) is 11.3 Å². The van der Waals surface area contributed by atoms with E-state index in [9.17, 15) is 18.3 Å². The lowest BCUT2D eigenvalue weighted by molar-refractivity contribution is -0.274. The molecule has 0 saturated heterocycles. The van der Waals surface area contributed by atoms with Gasteiger partial charge in [0, 0.05) is 12.4 Å². The van der Waals surface area contributed by atoms with Crippen LogP contribution in [0, 0.1) is 0 Å². The number of aromatic nitrogens is 2. The van der Waals surface area contributed by atoms with Crippen molar-refractivity contribution < 1.29 is 23.0 Å². The lowest BCUT2D eigenvalue weighted by Crippen LogP contribution is -2.17. The molecule has 0 bridgehead atoms. The molecular weight excluding hydrogens is 261 g/mol. The van der Waals surface area contributed by atoms with Gasteiger partial charge in [-0.1, -0.05) is 12.1 Å². The van der Waals surface area contributed by atoms with E-state index in [0.717, 1.165) is 12.1 Å². The summed E-state index contributed by atoms with van der Waals surface area (Å²) in [5, 5.41) is 9.98. The van der Waals surface area contributed by atoms with Gasteiger partial charge in [-0.3, -0.25) is 9.97 Å². The minimum atomic E-state index is -4.77. The highest BCUT2D eigenvalue weighted by atomic mass is 19.4. The van der Waals surface area contributed by atoms with Gasteiger partial charge < -0.3 is 9.84 Å². The number of halogens is 3. The van der Waals surface area contributed by atoms with Crippen molar-refractivity contribution in [2.45, 2.75) is 12.5 Å². The second-order valence-electron chi connectivity index (χ2n) is 3.65. The fourth-order valence-electron chi connectivity index (χ4n) is 1.50. The second kappa shape index (κ2) is 5.23. The fraction of sp³-hybridized carbons (Fsp3) is 0.167. The van der Waals surface area contributed by atoms with E-state index in [4.69, 9.17) is 0 Å². The number of rotatable bonds is 3. The predicted octanol–water partition coefficient (Wildman–Crippen LogP) is 2.46. The zero-order chi connectivity index (χ0) is 13.9. The lowest BCUT2D eigenvalue weighted by atomic mass is 10.1. The fourth-order valence-corrected chi connectivity index (χ4v) is 1.50. The molecule has 0 spiro atoms. The van der Waals surface area contributed by atoms with Crippen molar-refractivity contribution in [1.29, 1.82) is 0 Å². The Labute approximate surface area is 106 Å². The van der Waals surface area contributed by atoms with Crippen molar-refractivity contribution in [2.24, 2.45) is 0 Å². The number of aliphatic hydroxyl groups excluding tert-OH is 1. The normalized spacial score (nSPS) is 13.1. The van der Waals surface area contributed by atoms with Gasteiger partial charge in [0.1, 0.15) is 11.9 Å². The zero-order valence-corrected chi connectivity index (χ0v) is 9.50. The van der Waals surface area contributed by atoms with Crippen molar-refractivity contribution >= 4 is 0 Å². The zero-order valence-electron chi connectivity index (χ0n) is 9.50. The molecular formula is C12H9F3N2O2. The van der Waals surface area contributed by atoms with Crippen LogP contribution < -0.4 is 4.74 Å². The number of ether oxygens (including phenoxy) is 1. The Hall–Kier alpha value is -2.15. The smallest absolute Gasteiger partial charge is 0.406 e. The van der Waals surface area contributed by atoms with Gasteiger partial charge in [0.05, 0.1) is 11.9 Å². The van der Waals surface area contributed by atoms with E-state index in [1.54, 1.807) is 0 Å². The van der Waals surface area contributed by atoms with Gasteiger partial charge in [0.2, 0.25) is 0 Å². The summed E-state index contributed by atoms with van der Waals surface area (Å²) in [6, 6.07) is 5.09. The number of nitrogens with zero attached hydrogens (tertiary/aromatic N) is 2. The Morgan fingerprint density at radius 2 is 2.00 bits per heavy atom. The quantitative estimate of drug-likeness (QED) is 0.930. The summed E-state index contributed by atoms with van der Waals surface area (Å²) in [4.78, 5) is 7.66. The highest BCUT2D eigenvalue weighted by Gasteiger charge is 2.31. The average Bonchev–Trinajstić information content (AvgIpc) is 2.37. The lowest BCUT2D eigenvalue weighted by Gasteiger charge is -2.13. The third-order valence-corrected chi connectivity index (χ3v) is 2.27. The maximum absolute atomic E-state index is 12.1. The molecule has 19 heavy (non-hydrogen) atoms. The molecule has 2 aromatic rings. The van der Waals surface area contributed by atoms with Crippen LogP contribution in [0.3, 0.4) is 0 Å². The van der Waals surface area contributed by atoms with Gasteiger partial charge in [-0.15, -0.1) is 13.2 Å². The van der Waals surface area contributed by atoms with Gasteiger partial charge in [0.25, 0.3) is 0 Å². The molecule has 100 valence electrons. The standard InChI is InChI=1S/C12H9F3N2O2/c13-12(14,15)19-9-3-1-2-8(6-9)11(18)10-7-16-4-5-17-10/h1-7,11,18H.